The monoisotopic (exact) mass is 277 g/mol. The van der Waals surface area contributed by atoms with Crippen molar-refractivity contribution in [2.45, 2.75) is 39.4 Å². The number of hydrogen-bond acceptors (Lipinski definition) is 3. The first-order valence-electron chi connectivity index (χ1n) is 7.18. The number of benzene rings is 1. The van der Waals surface area contributed by atoms with Crippen LogP contribution >= 0.6 is 0 Å². The molecule has 20 heavy (non-hydrogen) atoms. The van der Waals surface area contributed by atoms with Crippen LogP contribution in [-0.2, 0) is 17.9 Å². The number of carbonyl (C=O) groups is 1. The summed E-state index contributed by atoms with van der Waals surface area (Å²) in [5.74, 6) is 0.125. The molecule has 2 N–H and O–H groups in total. The largest absolute Gasteiger partial charge is 0.339 e. The van der Waals surface area contributed by atoms with E-state index in [1.165, 1.54) is 5.56 Å². The molecule has 1 unspecified atom stereocenters. The summed E-state index contributed by atoms with van der Waals surface area (Å²) in [5, 5.41) is 0. The number of nitrogens with two attached hydrogens (primary N) is 1. The molecule has 0 heterocycles. The highest BCUT2D eigenvalue weighted by molar-refractivity contribution is 5.76. The second-order valence-electron chi connectivity index (χ2n) is 5.64. The molecule has 0 radical (unpaired) electrons. The van der Waals surface area contributed by atoms with Crippen LogP contribution in [-0.4, -0.2) is 42.4 Å². The van der Waals surface area contributed by atoms with Crippen LogP contribution in [0.15, 0.2) is 24.3 Å². The molecule has 0 bridgehead atoms. The molecule has 0 aliphatic carbocycles. The molecule has 0 saturated heterocycles. The number of amides is 1. The fraction of sp³-hybridized carbons (Fsp3) is 0.562. The van der Waals surface area contributed by atoms with Crippen molar-refractivity contribution in [2.24, 2.45) is 5.73 Å². The lowest BCUT2D eigenvalue weighted by molar-refractivity contribution is -0.131. The van der Waals surface area contributed by atoms with Crippen LogP contribution in [0.1, 0.15) is 31.4 Å². The van der Waals surface area contributed by atoms with Gasteiger partial charge in [0, 0.05) is 32.1 Å². The first-order valence-corrected chi connectivity index (χ1v) is 7.18. The minimum atomic E-state index is -0.0842. The molecule has 0 aliphatic heterocycles. The molecule has 0 aliphatic rings. The van der Waals surface area contributed by atoms with Crippen molar-refractivity contribution in [1.82, 2.24) is 9.80 Å². The molecule has 0 saturated carbocycles. The topological polar surface area (TPSA) is 49.6 Å². The fourth-order valence-corrected chi connectivity index (χ4v) is 2.12. The second kappa shape index (κ2) is 8.02. The zero-order valence-electron chi connectivity index (χ0n) is 13.1. The van der Waals surface area contributed by atoms with Crippen LogP contribution in [0, 0.1) is 0 Å². The van der Waals surface area contributed by atoms with Crippen molar-refractivity contribution < 1.29 is 4.79 Å². The highest BCUT2D eigenvalue weighted by Gasteiger charge is 2.13. The molecule has 0 aromatic heterocycles. The van der Waals surface area contributed by atoms with Crippen molar-refractivity contribution in [1.29, 1.82) is 0 Å². The molecular weight excluding hydrogens is 250 g/mol. The summed E-state index contributed by atoms with van der Waals surface area (Å²) in [6.07, 6.45) is 0.409. The molecular formula is C16H27N3O. The Kier molecular flexibility index (Phi) is 6.68. The quantitative estimate of drug-likeness (QED) is 0.827. The van der Waals surface area contributed by atoms with Gasteiger partial charge in [0.25, 0.3) is 0 Å². The minimum Gasteiger partial charge on any atom is -0.339 e. The number of rotatable bonds is 7. The minimum absolute atomic E-state index is 0.0842. The normalized spacial score (nSPS) is 12.5. The van der Waals surface area contributed by atoms with Gasteiger partial charge in [0.15, 0.2) is 0 Å². The maximum atomic E-state index is 12.0. The van der Waals surface area contributed by atoms with Crippen LogP contribution < -0.4 is 5.73 Å². The van der Waals surface area contributed by atoms with E-state index in [0.717, 1.165) is 12.1 Å². The first kappa shape index (κ1) is 16.7. The maximum Gasteiger partial charge on any atom is 0.224 e. The molecule has 112 valence electrons. The van der Waals surface area contributed by atoms with Crippen molar-refractivity contribution in [3.63, 3.8) is 0 Å². The van der Waals surface area contributed by atoms with Gasteiger partial charge < -0.3 is 15.5 Å². The van der Waals surface area contributed by atoms with Crippen molar-refractivity contribution in [2.75, 3.05) is 20.6 Å². The third kappa shape index (κ3) is 5.72. The Morgan fingerprint density at radius 2 is 1.65 bits per heavy atom. The molecule has 4 heteroatoms. The molecule has 1 aromatic carbocycles. The lowest BCUT2D eigenvalue weighted by Crippen LogP contribution is -2.34. The van der Waals surface area contributed by atoms with Gasteiger partial charge in [0.05, 0.1) is 0 Å². The fourth-order valence-electron chi connectivity index (χ4n) is 2.12. The molecule has 0 spiro atoms. The van der Waals surface area contributed by atoms with Gasteiger partial charge in [0.1, 0.15) is 0 Å². The van der Waals surface area contributed by atoms with Crippen molar-refractivity contribution >= 4 is 5.91 Å². The zero-order valence-corrected chi connectivity index (χ0v) is 13.1. The van der Waals surface area contributed by atoms with E-state index in [-0.39, 0.29) is 11.9 Å². The Bertz CT molecular complexity index is 412. The highest BCUT2D eigenvalue weighted by Crippen LogP contribution is 2.10. The van der Waals surface area contributed by atoms with Gasteiger partial charge in [-0.2, -0.15) is 0 Å². The van der Waals surface area contributed by atoms with E-state index in [4.69, 9.17) is 5.73 Å². The van der Waals surface area contributed by atoms with E-state index in [0.29, 0.717) is 19.5 Å². The Hall–Kier alpha value is -1.39. The summed E-state index contributed by atoms with van der Waals surface area (Å²) in [4.78, 5) is 16.0. The summed E-state index contributed by atoms with van der Waals surface area (Å²) in [6.45, 7) is 6.16. The third-order valence-corrected chi connectivity index (χ3v) is 3.13. The van der Waals surface area contributed by atoms with E-state index in [9.17, 15) is 4.79 Å². The first-order chi connectivity index (χ1) is 9.42. The number of hydrogen-bond donors (Lipinski definition) is 1. The Morgan fingerprint density at radius 3 is 2.05 bits per heavy atom. The molecule has 1 aromatic rings. The highest BCUT2D eigenvalue weighted by atomic mass is 16.2. The average Bonchev–Trinajstić information content (AvgIpc) is 2.36. The van der Waals surface area contributed by atoms with Gasteiger partial charge in [-0.15, -0.1) is 0 Å². The van der Waals surface area contributed by atoms with Gasteiger partial charge in [0.2, 0.25) is 5.91 Å². The van der Waals surface area contributed by atoms with Gasteiger partial charge in [-0.25, -0.2) is 0 Å². The van der Waals surface area contributed by atoms with Gasteiger partial charge in [-0.3, -0.25) is 4.79 Å². The third-order valence-electron chi connectivity index (χ3n) is 3.13. The zero-order chi connectivity index (χ0) is 15.1. The van der Waals surface area contributed by atoms with Crippen molar-refractivity contribution in [3.8, 4) is 0 Å². The lowest BCUT2D eigenvalue weighted by atomic mass is 10.1. The summed E-state index contributed by atoms with van der Waals surface area (Å²) in [5.41, 5.74) is 8.13. The number of nitrogens with zero attached hydrogens (tertiary/aromatic N) is 2. The van der Waals surface area contributed by atoms with Crippen LogP contribution in [0.5, 0.6) is 0 Å². The Morgan fingerprint density at radius 1 is 1.15 bits per heavy atom. The van der Waals surface area contributed by atoms with E-state index in [1.807, 2.05) is 18.7 Å². The van der Waals surface area contributed by atoms with Gasteiger partial charge >= 0.3 is 0 Å². The van der Waals surface area contributed by atoms with Gasteiger partial charge in [-0.1, -0.05) is 24.3 Å². The average molecular weight is 277 g/mol. The predicted octanol–water partition coefficient (Wildman–Crippen LogP) is 1.83. The summed E-state index contributed by atoms with van der Waals surface area (Å²) in [7, 11) is 4.11. The van der Waals surface area contributed by atoms with Crippen LogP contribution in [0.2, 0.25) is 0 Å². The van der Waals surface area contributed by atoms with Crippen LogP contribution in [0.25, 0.3) is 0 Å². The predicted molar refractivity (Wildman–Crippen MR) is 83.2 cm³/mol. The van der Waals surface area contributed by atoms with Gasteiger partial charge in [-0.05, 0) is 39.1 Å². The SMILES string of the molecule is CCN(Cc1ccc(CN(C)C)cc1)C(=O)CC(C)N. The molecule has 0 fully saturated rings. The smallest absolute Gasteiger partial charge is 0.224 e. The lowest BCUT2D eigenvalue weighted by Gasteiger charge is -2.22. The summed E-state index contributed by atoms with van der Waals surface area (Å²) < 4.78 is 0. The second-order valence-corrected chi connectivity index (χ2v) is 5.64. The van der Waals surface area contributed by atoms with E-state index >= 15 is 0 Å². The Labute approximate surface area is 122 Å². The van der Waals surface area contributed by atoms with E-state index in [1.54, 1.807) is 0 Å². The number of carbonyl (C=O) groups excluding carboxylic acids is 1. The van der Waals surface area contributed by atoms with E-state index < -0.39 is 0 Å². The van der Waals surface area contributed by atoms with Crippen molar-refractivity contribution in [3.05, 3.63) is 35.4 Å². The molecule has 1 amide bonds. The van der Waals surface area contributed by atoms with E-state index in [2.05, 4.69) is 43.3 Å². The molecule has 1 atom stereocenters. The Balaban J connectivity index is 2.63. The standard InChI is InChI=1S/C16H27N3O/c1-5-19(16(20)10-13(2)17)12-15-8-6-14(7-9-15)11-18(3)4/h6-9,13H,5,10-12,17H2,1-4H3. The molecule has 1 rings (SSSR count). The summed E-state index contributed by atoms with van der Waals surface area (Å²) >= 11 is 0. The van der Waals surface area contributed by atoms with Crippen LogP contribution in [0.4, 0.5) is 0 Å². The molecule has 4 nitrogen and oxygen atoms in total. The summed E-state index contributed by atoms with van der Waals surface area (Å²) in [6, 6.07) is 8.36. The van der Waals surface area contributed by atoms with Crippen LogP contribution in [0.3, 0.4) is 0 Å². The maximum absolute atomic E-state index is 12.0.